The number of rotatable bonds is 10. The Kier molecular flexibility index (Phi) is 7.84. The number of carbonyl (C=O) groups is 2. The summed E-state index contributed by atoms with van der Waals surface area (Å²) >= 11 is 0. The van der Waals surface area contributed by atoms with Gasteiger partial charge in [0.15, 0.2) is 23.0 Å². The molecule has 0 saturated carbocycles. The minimum absolute atomic E-state index is 0.108. The topological polar surface area (TPSA) is 137 Å². The van der Waals surface area contributed by atoms with Gasteiger partial charge in [-0.1, -0.05) is 12.1 Å². The predicted octanol–water partition coefficient (Wildman–Crippen LogP) is 2.13. The fourth-order valence-corrected chi connectivity index (χ4v) is 3.14. The number of ether oxygens (including phenoxy) is 2. The number of carbonyl (C=O) groups excluding carboxylic acids is 2. The van der Waals surface area contributed by atoms with Gasteiger partial charge in [0.25, 0.3) is 0 Å². The number of hydrogen-bond donors (Lipinski definition) is 4. The van der Waals surface area contributed by atoms with Gasteiger partial charge in [-0.3, -0.25) is 14.8 Å². The van der Waals surface area contributed by atoms with E-state index in [2.05, 4.69) is 0 Å². The van der Waals surface area contributed by atoms with Crippen molar-refractivity contribution in [3.63, 3.8) is 0 Å². The highest BCUT2D eigenvalue weighted by Gasteiger charge is 2.36. The summed E-state index contributed by atoms with van der Waals surface area (Å²) in [6.07, 6.45) is -0.796. The Bertz CT molecular complexity index is 943. The van der Waals surface area contributed by atoms with Gasteiger partial charge in [-0.05, 0) is 49.2 Å². The fourth-order valence-electron chi connectivity index (χ4n) is 3.14. The van der Waals surface area contributed by atoms with Crippen molar-refractivity contribution < 1.29 is 39.6 Å². The van der Waals surface area contributed by atoms with Gasteiger partial charge in [0.1, 0.15) is 5.60 Å². The number of Topliss-reactive ketones (excluding diaryl/α,β-unsaturated/α-hetero) is 1. The molecule has 0 saturated heterocycles. The number of hydroxylamine groups is 2. The molecule has 31 heavy (non-hydrogen) atoms. The highest BCUT2D eigenvalue weighted by Crippen LogP contribution is 2.37. The summed E-state index contributed by atoms with van der Waals surface area (Å²) in [5.74, 6) is -2.14. The molecular weight excluding hydrogens is 406 g/mol. The lowest BCUT2D eigenvalue weighted by Crippen LogP contribution is -2.38. The molecule has 1 amide bonds. The van der Waals surface area contributed by atoms with E-state index in [-0.39, 0.29) is 17.0 Å². The van der Waals surface area contributed by atoms with Crippen molar-refractivity contribution in [2.24, 2.45) is 0 Å². The molecule has 0 heterocycles. The molecule has 9 nitrogen and oxygen atoms in total. The molecule has 0 spiro atoms. The largest absolute Gasteiger partial charge is 0.504 e. The Balaban J connectivity index is 2.47. The molecule has 2 rings (SSSR count). The maximum absolute atomic E-state index is 12.4. The summed E-state index contributed by atoms with van der Waals surface area (Å²) in [5, 5.41) is 40.3. The number of phenols is 2. The lowest BCUT2D eigenvalue weighted by Gasteiger charge is -2.29. The minimum atomic E-state index is -1.93. The smallest absolute Gasteiger partial charge is 0.313 e. The van der Waals surface area contributed by atoms with Crippen molar-refractivity contribution in [2.45, 2.75) is 32.3 Å². The van der Waals surface area contributed by atoms with Crippen LogP contribution in [0.5, 0.6) is 23.0 Å². The van der Waals surface area contributed by atoms with Crippen molar-refractivity contribution in [1.82, 2.24) is 5.06 Å². The Morgan fingerprint density at radius 1 is 0.968 bits per heavy atom. The van der Waals surface area contributed by atoms with Crippen LogP contribution in [0, 0.1) is 0 Å². The summed E-state index contributed by atoms with van der Waals surface area (Å²) in [7, 11) is 1.01. The number of ketones is 1. The summed E-state index contributed by atoms with van der Waals surface area (Å²) < 4.78 is 11.1. The van der Waals surface area contributed by atoms with Crippen LogP contribution in [0.4, 0.5) is 0 Å². The van der Waals surface area contributed by atoms with Gasteiger partial charge >= 0.3 is 5.91 Å². The Hall–Kier alpha value is -3.30. The van der Waals surface area contributed by atoms with E-state index in [9.17, 15) is 30.1 Å². The zero-order valence-electron chi connectivity index (χ0n) is 17.7. The lowest BCUT2D eigenvalue weighted by atomic mass is 9.82. The molecule has 4 N–H and O–H groups in total. The number of likely N-dealkylation sites (N-methyl/N-ethyl adjacent to an activating group) is 1. The molecule has 0 aromatic heterocycles. The molecule has 168 valence electrons. The third kappa shape index (κ3) is 5.87. The van der Waals surface area contributed by atoms with E-state index in [0.717, 1.165) is 13.1 Å². The van der Waals surface area contributed by atoms with E-state index in [1.807, 2.05) is 13.8 Å². The zero-order chi connectivity index (χ0) is 23.2. The van der Waals surface area contributed by atoms with Gasteiger partial charge in [0.05, 0.1) is 13.2 Å². The van der Waals surface area contributed by atoms with Crippen molar-refractivity contribution in [2.75, 3.05) is 20.3 Å². The number of hydrogen-bond acceptors (Lipinski definition) is 8. The molecule has 0 fully saturated rings. The third-order valence-corrected chi connectivity index (χ3v) is 4.60. The Morgan fingerprint density at radius 3 is 2.19 bits per heavy atom. The first-order chi connectivity index (χ1) is 14.6. The summed E-state index contributed by atoms with van der Waals surface area (Å²) in [6.45, 7) is 4.46. The number of aliphatic hydroxyl groups is 1. The molecule has 0 radical (unpaired) electrons. The second-order valence-electron chi connectivity index (χ2n) is 6.99. The van der Waals surface area contributed by atoms with Crippen LogP contribution in [0.2, 0.25) is 0 Å². The fraction of sp³-hybridized carbons (Fsp3) is 0.364. The maximum atomic E-state index is 12.4. The van der Waals surface area contributed by atoms with Crippen LogP contribution in [-0.4, -0.2) is 57.5 Å². The van der Waals surface area contributed by atoms with Crippen LogP contribution < -0.4 is 9.47 Å². The first-order valence-corrected chi connectivity index (χ1v) is 9.74. The van der Waals surface area contributed by atoms with Crippen LogP contribution in [0.25, 0.3) is 0 Å². The first-order valence-electron chi connectivity index (χ1n) is 9.74. The summed E-state index contributed by atoms with van der Waals surface area (Å²) in [5.41, 5.74) is -1.25. The van der Waals surface area contributed by atoms with Crippen molar-refractivity contribution in [3.8, 4) is 23.0 Å². The monoisotopic (exact) mass is 433 g/mol. The molecule has 0 bridgehead atoms. The van der Waals surface area contributed by atoms with Crippen LogP contribution in [0.15, 0.2) is 36.4 Å². The number of nitrogens with zero attached hydrogens (tertiary/aromatic N) is 1. The van der Waals surface area contributed by atoms with Gasteiger partial charge < -0.3 is 24.8 Å². The molecule has 1 atom stereocenters. The van der Waals surface area contributed by atoms with Gasteiger partial charge in [0.2, 0.25) is 5.78 Å². The third-order valence-electron chi connectivity index (χ3n) is 4.60. The SMILES string of the molecule is CCOc1ccc(CC(O)(CC(=O)C(=O)N(C)O)c2ccc(O)c(O)c2)cc1OCC. The number of benzene rings is 2. The van der Waals surface area contributed by atoms with E-state index in [0.29, 0.717) is 30.3 Å². The van der Waals surface area contributed by atoms with E-state index in [4.69, 9.17) is 9.47 Å². The molecular formula is C22H27NO8. The van der Waals surface area contributed by atoms with Crippen molar-refractivity contribution in [3.05, 3.63) is 47.5 Å². The van der Waals surface area contributed by atoms with Crippen LogP contribution >= 0.6 is 0 Å². The zero-order valence-corrected chi connectivity index (χ0v) is 17.7. The Labute approximate surface area is 180 Å². The predicted molar refractivity (Wildman–Crippen MR) is 110 cm³/mol. The lowest BCUT2D eigenvalue weighted by molar-refractivity contribution is -0.167. The number of aromatic hydroxyl groups is 2. The van der Waals surface area contributed by atoms with Crippen LogP contribution in [0.1, 0.15) is 31.4 Å². The molecule has 9 heteroatoms. The molecule has 2 aromatic rings. The van der Waals surface area contributed by atoms with Gasteiger partial charge in [-0.2, -0.15) is 0 Å². The summed E-state index contributed by atoms with van der Waals surface area (Å²) in [4.78, 5) is 24.2. The van der Waals surface area contributed by atoms with Crippen molar-refractivity contribution >= 4 is 11.7 Å². The van der Waals surface area contributed by atoms with Crippen LogP contribution in [0.3, 0.4) is 0 Å². The highest BCUT2D eigenvalue weighted by atomic mass is 16.5. The highest BCUT2D eigenvalue weighted by molar-refractivity contribution is 6.35. The van der Waals surface area contributed by atoms with Gasteiger partial charge in [-0.15, -0.1) is 0 Å². The molecule has 0 aliphatic carbocycles. The average molecular weight is 433 g/mol. The maximum Gasteiger partial charge on any atom is 0.313 e. The normalized spacial score (nSPS) is 12.7. The second-order valence-corrected chi connectivity index (χ2v) is 6.99. The number of amides is 1. The average Bonchev–Trinajstić information content (AvgIpc) is 2.71. The van der Waals surface area contributed by atoms with E-state index in [1.54, 1.807) is 18.2 Å². The quantitative estimate of drug-likeness (QED) is 0.194. The van der Waals surface area contributed by atoms with E-state index >= 15 is 0 Å². The molecule has 0 aliphatic rings. The molecule has 2 aromatic carbocycles. The first kappa shape index (κ1) is 24.0. The second kappa shape index (κ2) is 10.1. The van der Waals surface area contributed by atoms with E-state index in [1.165, 1.54) is 12.1 Å². The Morgan fingerprint density at radius 2 is 1.61 bits per heavy atom. The summed E-state index contributed by atoms with van der Waals surface area (Å²) in [6, 6.07) is 8.64. The van der Waals surface area contributed by atoms with Gasteiger partial charge in [0, 0.05) is 19.9 Å². The standard InChI is InChI=1S/C22H27NO8/c1-4-30-19-9-6-14(10-20(19)31-5-2)12-22(28,13-18(26)21(27)23(3)29)15-7-8-16(24)17(25)11-15/h6-11,24-25,28-29H,4-5,12-13H2,1-3H3. The van der Waals surface area contributed by atoms with E-state index < -0.39 is 35.2 Å². The molecule has 0 aliphatic heterocycles. The van der Waals surface area contributed by atoms with Crippen LogP contribution in [-0.2, 0) is 21.6 Å². The van der Waals surface area contributed by atoms with Crippen molar-refractivity contribution in [1.29, 1.82) is 0 Å². The molecule has 1 unspecified atom stereocenters. The van der Waals surface area contributed by atoms with Gasteiger partial charge in [-0.25, -0.2) is 5.06 Å². The number of phenolic OH excluding ortho intramolecular Hbond substituents is 2. The minimum Gasteiger partial charge on any atom is -0.504 e.